The highest BCUT2D eigenvalue weighted by Gasteiger charge is 2.26. The van der Waals surface area contributed by atoms with Gasteiger partial charge in [-0.1, -0.05) is 18.2 Å². The molecule has 0 bridgehead atoms. The van der Waals surface area contributed by atoms with Crippen molar-refractivity contribution in [1.82, 2.24) is 9.88 Å². The molecule has 1 atom stereocenters. The van der Waals surface area contributed by atoms with Crippen molar-refractivity contribution in [1.29, 1.82) is 0 Å². The summed E-state index contributed by atoms with van der Waals surface area (Å²) in [7, 11) is 0. The van der Waals surface area contributed by atoms with Crippen molar-refractivity contribution in [3.63, 3.8) is 0 Å². The van der Waals surface area contributed by atoms with Crippen LogP contribution in [0.3, 0.4) is 0 Å². The first-order valence-corrected chi connectivity index (χ1v) is 8.65. The van der Waals surface area contributed by atoms with Crippen LogP contribution in [0.4, 0.5) is 4.39 Å². The minimum atomic E-state index is -0.185. The van der Waals surface area contributed by atoms with E-state index in [1.54, 1.807) is 17.6 Å². The summed E-state index contributed by atoms with van der Waals surface area (Å²) in [5.41, 5.74) is 2.12. The third-order valence-corrected chi connectivity index (χ3v) is 5.13. The molecule has 1 saturated heterocycles. The van der Waals surface area contributed by atoms with E-state index < -0.39 is 0 Å². The average Bonchev–Trinajstić information content (AvgIpc) is 3.29. The number of rotatable bonds is 4. The number of hydrogen-bond acceptors (Lipinski definition) is 4. The summed E-state index contributed by atoms with van der Waals surface area (Å²) in [6.07, 6.45) is 3.99. The molecule has 4 rings (SSSR count). The SMILES string of the molecule is Fc1ccc(C2CCCN2Cc2coc(-c3cccs3)n2)cc1. The van der Waals surface area contributed by atoms with Gasteiger partial charge in [0, 0.05) is 12.6 Å². The fraction of sp³-hybridized carbons (Fsp3) is 0.278. The van der Waals surface area contributed by atoms with E-state index in [2.05, 4.69) is 9.88 Å². The van der Waals surface area contributed by atoms with Gasteiger partial charge in [-0.2, -0.15) is 0 Å². The van der Waals surface area contributed by atoms with Crippen molar-refractivity contribution in [2.45, 2.75) is 25.4 Å². The Balaban J connectivity index is 1.50. The second-order valence-corrected chi connectivity index (χ2v) is 6.75. The highest BCUT2D eigenvalue weighted by atomic mass is 32.1. The summed E-state index contributed by atoms with van der Waals surface area (Å²) in [5.74, 6) is 0.503. The van der Waals surface area contributed by atoms with E-state index in [9.17, 15) is 4.39 Å². The zero-order valence-corrected chi connectivity index (χ0v) is 13.4. The molecule has 0 radical (unpaired) electrons. The lowest BCUT2D eigenvalue weighted by Crippen LogP contribution is -2.22. The highest BCUT2D eigenvalue weighted by molar-refractivity contribution is 7.13. The molecule has 0 N–H and O–H groups in total. The summed E-state index contributed by atoms with van der Waals surface area (Å²) in [6, 6.07) is 11.2. The largest absolute Gasteiger partial charge is 0.444 e. The first kappa shape index (κ1) is 14.6. The third-order valence-electron chi connectivity index (χ3n) is 4.27. The number of oxazole rings is 1. The van der Waals surface area contributed by atoms with Crippen LogP contribution in [0, 0.1) is 5.82 Å². The van der Waals surface area contributed by atoms with Crippen molar-refractivity contribution in [2.24, 2.45) is 0 Å². The summed E-state index contributed by atoms with van der Waals surface area (Å²) in [5, 5.41) is 2.02. The molecule has 1 fully saturated rings. The third kappa shape index (κ3) is 3.07. The monoisotopic (exact) mass is 328 g/mol. The van der Waals surface area contributed by atoms with Crippen LogP contribution in [0.15, 0.2) is 52.5 Å². The second-order valence-electron chi connectivity index (χ2n) is 5.80. The van der Waals surface area contributed by atoms with Crippen LogP contribution in [0.1, 0.15) is 30.1 Å². The zero-order chi connectivity index (χ0) is 15.6. The topological polar surface area (TPSA) is 29.3 Å². The maximum absolute atomic E-state index is 13.1. The molecule has 1 unspecified atom stereocenters. The molecule has 1 aliphatic heterocycles. The van der Waals surface area contributed by atoms with E-state index >= 15 is 0 Å². The molecule has 3 heterocycles. The summed E-state index contributed by atoms with van der Waals surface area (Å²) in [4.78, 5) is 8.04. The number of nitrogens with zero attached hydrogens (tertiary/aromatic N) is 2. The van der Waals surface area contributed by atoms with Crippen molar-refractivity contribution in [3.8, 4) is 10.8 Å². The molecule has 2 aromatic heterocycles. The van der Waals surface area contributed by atoms with Crippen LogP contribution in [0.5, 0.6) is 0 Å². The Hall–Kier alpha value is -1.98. The molecule has 23 heavy (non-hydrogen) atoms. The molecule has 118 valence electrons. The fourth-order valence-corrected chi connectivity index (χ4v) is 3.83. The maximum Gasteiger partial charge on any atom is 0.236 e. The Morgan fingerprint density at radius 3 is 2.91 bits per heavy atom. The number of thiophene rings is 1. The van der Waals surface area contributed by atoms with Gasteiger partial charge in [0.2, 0.25) is 5.89 Å². The number of aromatic nitrogens is 1. The minimum absolute atomic E-state index is 0.185. The van der Waals surface area contributed by atoms with Gasteiger partial charge in [0.15, 0.2) is 0 Å². The number of likely N-dealkylation sites (tertiary alicyclic amines) is 1. The van der Waals surface area contributed by atoms with Crippen molar-refractivity contribution < 1.29 is 8.81 Å². The Bertz CT molecular complexity index is 767. The first-order chi connectivity index (χ1) is 11.3. The van der Waals surface area contributed by atoms with E-state index in [4.69, 9.17) is 4.42 Å². The number of halogens is 1. The normalized spacial score (nSPS) is 18.6. The van der Waals surface area contributed by atoms with Crippen LogP contribution < -0.4 is 0 Å². The van der Waals surface area contributed by atoms with E-state index in [1.165, 1.54) is 17.7 Å². The van der Waals surface area contributed by atoms with Crippen LogP contribution in [-0.4, -0.2) is 16.4 Å². The molecular formula is C18H17FN2OS. The predicted octanol–water partition coefficient (Wildman–Crippen LogP) is 4.88. The molecule has 0 saturated carbocycles. The van der Waals surface area contributed by atoms with Gasteiger partial charge >= 0.3 is 0 Å². The molecule has 0 amide bonds. The summed E-state index contributed by atoms with van der Waals surface area (Å²) in [6.45, 7) is 1.79. The fourth-order valence-electron chi connectivity index (χ4n) is 3.18. The van der Waals surface area contributed by atoms with Gasteiger partial charge in [-0.25, -0.2) is 9.37 Å². The Labute approximate surface area is 138 Å². The lowest BCUT2D eigenvalue weighted by molar-refractivity contribution is 0.245. The van der Waals surface area contributed by atoms with Crippen LogP contribution in [0.2, 0.25) is 0 Å². The first-order valence-electron chi connectivity index (χ1n) is 7.77. The molecule has 1 aliphatic rings. The quantitative estimate of drug-likeness (QED) is 0.683. The minimum Gasteiger partial charge on any atom is -0.444 e. The maximum atomic E-state index is 13.1. The molecular weight excluding hydrogens is 311 g/mol. The average molecular weight is 328 g/mol. The molecule has 5 heteroatoms. The van der Waals surface area contributed by atoms with Gasteiger partial charge in [-0.05, 0) is 48.5 Å². The Kier molecular flexibility index (Phi) is 3.97. The Morgan fingerprint density at radius 1 is 1.26 bits per heavy atom. The summed E-state index contributed by atoms with van der Waals surface area (Å²) >= 11 is 1.63. The predicted molar refractivity (Wildman–Crippen MR) is 88.6 cm³/mol. The second kappa shape index (κ2) is 6.26. The number of hydrogen-bond donors (Lipinski definition) is 0. The van der Waals surface area contributed by atoms with Crippen molar-refractivity contribution in [3.05, 3.63) is 65.1 Å². The van der Waals surface area contributed by atoms with Gasteiger partial charge in [0.05, 0.1) is 10.6 Å². The van der Waals surface area contributed by atoms with Gasteiger partial charge < -0.3 is 4.42 Å². The molecule has 1 aromatic carbocycles. The lowest BCUT2D eigenvalue weighted by atomic mass is 10.0. The van der Waals surface area contributed by atoms with Crippen LogP contribution >= 0.6 is 11.3 Å². The zero-order valence-electron chi connectivity index (χ0n) is 12.6. The number of benzene rings is 1. The van der Waals surface area contributed by atoms with E-state index in [1.807, 2.05) is 29.6 Å². The van der Waals surface area contributed by atoms with Gasteiger partial charge in [0.1, 0.15) is 12.1 Å². The standard InChI is InChI=1S/C18H17FN2OS/c19-14-7-5-13(6-8-14)16-3-1-9-21(16)11-15-12-22-18(20-15)17-4-2-10-23-17/h2,4-8,10,12,16H,1,3,9,11H2. The Morgan fingerprint density at radius 2 is 2.13 bits per heavy atom. The van der Waals surface area contributed by atoms with Crippen LogP contribution in [-0.2, 0) is 6.54 Å². The van der Waals surface area contributed by atoms with E-state index in [-0.39, 0.29) is 5.82 Å². The van der Waals surface area contributed by atoms with E-state index in [0.717, 1.165) is 36.5 Å². The molecule has 3 aromatic rings. The van der Waals surface area contributed by atoms with Gasteiger partial charge in [-0.3, -0.25) is 4.90 Å². The molecule has 0 aliphatic carbocycles. The highest BCUT2D eigenvalue weighted by Crippen LogP contribution is 2.33. The summed E-state index contributed by atoms with van der Waals surface area (Å²) < 4.78 is 18.7. The van der Waals surface area contributed by atoms with Crippen LogP contribution in [0.25, 0.3) is 10.8 Å². The van der Waals surface area contributed by atoms with Gasteiger partial charge in [-0.15, -0.1) is 11.3 Å². The van der Waals surface area contributed by atoms with Crippen molar-refractivity contribution >= 4 is 11.3 Å². The van der Waals surface area contributed by atoms with Gasteiger partial charge in [0.25, 0.3) is 0 Å². The van der Waals surface area contributed by atoms with Crippen molar-refractivity contribution in [2.75, 3.05) is 6.54 Å². The molecule has 0 spiro atoms. The molecule has 3 nitrogen and oxygen atoms in total. The lowest BCUT2D eigenvalue weighted by Gasteiger charge is -2.23. The van der Waals surface area contributed by atoms with E-state index in [0.29, 0.717) is 11.9 Å². The smallest absolute Gasteiger partial charge is 0.236 e.